The number of nitriles is 1. The van der Waals surface area contributed by atoms with E-state index in [0.29, 0.717) is 12.0 Å². The molecular weight excluding hydrogens is 174 g/mol. The molecule has 0 bridgehead atoms. The van der Waals surface area contributed by atoms with Gasteiger partial charge in [0.2, 0.25) is 0 Å². The van der Waals surface area contributed by atoms with Gasteiger partial charge in [-0.1, -0.05) is 12.8 Å². The topological polar surface area (TPSA) is 53.0 Å². The van der Waals surface area contributed by atoms with Gasteiger partial charge in [-0.3, -0.25) is 4.90 Å². The van der Waals surface area contributed by atoms with Gasteiger partial charge in [-0.25, -0.2) is 0 Å². The summed E-state index contributed by atoms with van der Waals surface area (Å²) in [7, 11) is 0. The molecule has 0 spiro atoms. The van der Waals surface area contributed by atoms with Crippen molar-refractivity contribution in [3.63, 3.8) is 0 Å². The third-order valence-corrected chi connectivity index (χ3v) is 3.57. The molecule has 1 saturated heterocycles. The average molecular weight is 193 g/mol. The van der Waals surface area contributed by atoms with Crippen molar-refractivity contribution in [3.05, 3.63) is 0 Å². The van der Waals surface area contributed by atoms with Crippen LogP contribution in [0.4, 0.5) is 0 Å². The monoisotopic (exact) mass is 193 g/mol. The van der Waals surface area contributed by atoms with E-state index in [2.05, 4.69) is 11.0 Å². The van der Waals surface area contributed by atoms with Crippen LogP contribution in [0.15, 0.2) is 0 Å². The molecule has 1 aliphatic heterocycles. The van der Waals surface area contributed by atoms with Crippen LogP contribution in [0.3, 0.4) is 0 Å². The molecule has 0 radical (unpaired) electrons. The third-order valence-electron chi connectivity index (χ3n) is 3.57. The summed E-state index contributed by atoms with van der Waals surface area (Å²) in [5.41, 5.74) is 5.71. The maximum atomic E-state index is 9.11. The molecule has 1 heterocycles. The maximum absolute atomic E-state index is 9.11. The highest BCUT2D eigenvalue weighted by atomic mass is 15.2. The summed E-state index contributed by atoms with van der Waals surface area (Å²) in [6, 6.07) is 2.83. The second-order valence-electron chi connectivity index (χ2n) is 4.76. The van der Waals surface area contributed by atoms with Gasteiger partial charge in [0, 0.05) is 25.7 Å². The molecular formula is C11H19N3. The van der Waals surface area contributed by atoms with E-state index >= 15 is 0 Å². The first-order valence-electron chi connectivity index (χ1n) is 5.67. The van der Waals surface area contributed by atoms with Gasteiger partial charge in [0.05, 0.1) is 12.0 Å². The Morgan fingerprint density at radius 1 is 1.36 bits per heavy atom. The number of nitrogens with two attached hydrogens (primary N) is 1. The van der Waals surface area contributed by atoms with Crippen molar-refractivity contribution >= 4 is 0 Å². The minimum absolute atomic E-state index is 0.255. The number of likely N-dealkylation sites (tertiary alicyclic amines) is 1. The Hall–Kier alpha value is -0.590. The molecule has 1 saturated carbocycles. The molecule has 78 valence electrons. The van der Waals surface area contributed by atoms with Crippen molar-refractivity contribution in [1.82, 2.24) is 4.90 Å². The Bertz CT molecular complexity index is 221. The van der Waals surface area contributed by atoms with Crippen molar-refractivity contribution in [3.8, 4) is 6.07 Å². The lowest BCUT2D eigenvalue weighted by Crippen LogP contribution is -2.57. The van der Waals surface area contributed by atoms with Gasteiger partial charge in [0.25, 0.3) is 0 Å². The van der Waals surface area contributed by atoms with Crippen LogP contribution in [0.25, 0.3) is 0 Å². The minimum Gasteiger partial charge on any atom is -0.325 e. The molecule has 2 fully saturated rings. The zero-order chi connectivity index (χ0) is 9.97. The second-order valence-corrected chi connectivity index (χ2v) is 4.76. The molecule has 0 aromatic heterocycles. The van der Waals surface area contributed by atoms with E-state index in [1.807, 2.05) is 0 Å². The van der Waals surface area contributed by atoms with Crippen LogP contribution in [0.1, 0.15) is 25.7 Å². The first-order valence-corrected chi connectivity index (χ1v) is 5.67. The Balaban J connectivity index is 1.78. The van der Waals surface area contributed by atoms with Gasteiger partial charge in [-0.2, -0.15) is 5.26 Å². The Labute approximate surface area is 85.9 Å². The highest BCUT2D eigenvalue weighted by Gasteiger charge is 2.30. The fraction of sp³-hybridized carbons (Fsp3) is 0.909. The van der Waals surface area contributed by atoms with Gasteiger partial charge < -0.3 is 5.73 Å². The molecule has 14 heavy (non-hydrogen) atoms. The van der Waals surface area contributed by atoms with E-state index in [0.717, 1.165) is 19.6 Å². The molecule has 3 nitrogen and oxygen atoms in total. The van der Waals surface area contributed by atoms with E-state index < -0.39 is 0 Å². The summed E-state index contributed by atoms with van der Waals surface area (Å²) in [4.78, 5) is 2.32. The standard InChI is InChI=1S/C11H19N3/c12-5-10(9-3-1-2-4-9)6-14-7-11(13)8-14/h9-11H,1-4,6-8,13H2. The van der Waals surface area contributed by atoms with Crippen LogP contribution in [0.5, 0.6) is 0 Å². The predicted octanol–water partition coefficient (Wildman–Crippen LogP) is 0.959. The molecule has 1 aliphatic carbocycles. The van der Waals surface area contributed by atoms with Crippen molar-refractivity contribution in [1.29, 1.82) is 5.26 Å². The molecule has 2 aliphatic rings. The average Bonchev–Trinajstić information content (AvgIpc) is 2.63. The number of hydrogen-bond donors (Lipinski definition) is 1. The Morgan fingerprint density at radius 2 is 2.00 bits per heavy atom. The minimum atomic E-state index is 0.255. The highest BCUT2D eigenvalue weighted by Crippen LogP contribution is 2.32. The van der Waals surface area contributed by atoms with E-state index in [4.69, 9.17) is 11.0 Å². The fourth-order valence-electron chi connectivity index (χ4n) is 2.69. The summed E-state index contributed by atoms with van der Waals surface area (Å²) in [5.74, 6) is 0.918. The number of rotatable bonds is 3. The third kappa shape index (κ3) is 2.08. The maximum Gasteiger partial charge on any atom is 0.0672 e. The predicted molar refractivity (Wildman–Crippen MR) is 55.5 cm³/mol. The summed E-state index contributed by atoms with van der Waals surface area (Å²) in [6.07, 6.45) is 5.17. The van der Waals surface area contributed by atoms with Crippen LogP contribution in [0.2, 0.25) is 0 Å². The van der Waals surface area contributed by atoms with Crippen molar-refractivity contribution in [2.24, 2.45) is 17.6 Å². The van der Waals surface area contributed by atoms with Crippen LogP contribution in [-0.4, -0.2) is 30.6 Å². The van der Waals surface area contributed by atoms with Gasteiger partial charge in [0.15, 0.2) is 0 Å². The van der Waals surface area contributed by atoms with E-state index in [1.54, 1.807) is 0 Å². The lowest BCUT2D eigenvalue weighted by molar-refractivity contribution is 0.123. The number of hydrogen-bond acceptors (Lipinski definition) is 3. The normalized spacial score (nSPS) is 27.1. The molecule has 0 aromatic rings. The molecule has 2 rings (SSSR count). The summed E-state index contributed by atoms with van der Waals surface area (Å²) in [5, 5.41) is 9.11. The Kier molecular flexibility index (Phi) is 3.05. The summed E-state index contributed by atoms with van der Waals surface area (Å²) in [6.45, 7) is 2.94. The highest BCUT2D eigenvalue weighted by molar-refractivity contribution is 4.95. The quantitative estimate of drug-likeness (QED) is 0.726. The second kappa shape index (κ2) is 4.29. The zero-order valence-corrected chi connectivity index (χ0v) is 8.65. The van der Waals surface area contributed by atoms with Crippen molar-refractivity contribution in [2.75, 3.05) is 19.6 Å². The van der Waals surface area contributed by atoms with Gasteiger partial charge in [0.1, 0.15) is 0 Å². The molecule has 0 aromatic carbocycles. The van der Waals surface area contributed by atoms with Crippen molar-refractivity contribution < 1.29 is 0 Å². The summed E-state index contributed by atoms with van der Waals surface area (Å²) < 4.78 is 0. The number of nitrogens with zero attached hydrogens (tertiary/aromatic N) is 2. The SMILES string of the molecule is N#CC(CN1CC(N)C1)C1CCCC1. The van der Waals surface area contributed by atoms with Crippen LogP contribution < -0.4 is 5.73 Å². The largest absolute Gasteiger partial charge is 0.325 e. The molecule has 1 atom stereocenters. The van der Waals surface area contributed by atoms with E-state index in [-0.39, 0.29) is 5.92 Å². The zero-order valence-electron chi connectivity index (χ0n) is 8.65. The van der Waals surface area contributed by atoms with Gasteiger partial charge in [-0.05, 0) is 18.8 Å². The van der Waals surface area contributed by atoms with Crippen LogP contribution >= 0.6 is 0 Å². The van der Waals surface area contributed by atoms with Gasteiger partial charge >= 0.3 is 0 Å². The Morgan fingerprint density at radius 3 is 2.50 bits per heavy atom. The van der Waals surface area contributed by atoms with E-state index in [9.17, 15) is 0 Å². The molecule has 3 heteroatoms. The molecule has 0 amide bonds. The summed E-state index contributed by atoms with van der Waals surface area (Å²) >= 11 is 0. The van der Waals surface area contributed by atoms with Gasteiger partial charge in [-0.15, -0.1) is 0 Å². The smallest absolute Gasteiger partial charge is 0.0672 e. The fourth-order valence-corrected chi connectivity index (χ4v) is 2.69. The van der Waals surface area contributed by atoms with Crippen molar-refractivity contribution in [2.45, 2.75) is 31.7 Å². The lowest BCUT2D eigenvalue weighted by atomic mass is 9.90. The first-order chi connectivity index (χ1) is 6.79. The van der Waals surface area contributed by atoms with Crippen LogP contribution in [0, 0.1) is 23.2 Å². The van der Waals surface area contributed by atoms with Crippen LogP contribution in [-0.2, 0) is 0 Å². The first kappa shape index (κ1) is 9.95. The molecule has 1 unspecified atom stereocenters. The molecule has 2 N–H and O–H groups in total. The lowest BCUT2D eigenvalue weighted by Gasteiger charge is -2.38. The van der Waals surface area contributed by atoms with E-state index in [1.165, 1.54) is 25.7 Å².